The van der Waals surface area contributed by atoms with Crippen LogP contribution in [0.4, 0.5) is 0 Å². The number of phenols is 1. The van der Waals surface area contributed by atoms with E-state index in [9.17, 15) is 10.2 Å². The molecule has 22 heavy (non-hydrogen) atoms. The third kappa shape index (κ3) is 2.55. The molecule has 2 aliphatic rings. The van der Waals surface area contributed by atoms with Crippen molar-refractivity contribution in [1.82, 2.24) is 5.32 Å². The van der Waals surface area contributed by atoms with Crippen LogP contribution in [0.3, 0.4) is 0 Å². The van der Waals surface area contributed by atoms with Crippen molar-refractivity contribution in [3.63, 3.8) is 0 Å². The molecule has 1 saturated carbocycles. The lowest BCUT2D eigenvalue weighted by Crippen LogP contribution is -2.57. The van der Waals surface area contributed by atoms with Crippen LogP contribution in [0.2, 0.25) is 0 Å². The number of hydrogen-bond acceptors (Lipinski definition) is 3. The van der Waals surface area contributed by atoms with Crippen LogP contribution >= 0.6 is 0 Å². The van der Waals surface area contributed by atoms with Gasteiger partial charge in [-0.3, -0.25) is 0 Å². The Labute approximate surface area is 133 Å². The first-order valence-electron chi connectivity index (χ1n) is 8.87. The minimum atomic E-state index is -0.597. The topological polar surface area (TPSA) is 52.5 Å². The molecule has 0 saturated heterocycles. The molecule has 0 amide bonds. The minimum Gasteiger partial charge on any atom is -0.508 e. The lowest BCUT2D eigenvalue weighted by atomic mass is 9.53. The maximum absolute atomic E-state index is 11.4. The summed E-state index contributed by atoms with van der Waals surface area (Å²) in [6, 6.07) is 5.76. The van der Waals surface area contributed by atoms with E-state index in [1.54, 1.807) is 6.07 Å². The molecule has 0 radical (unpaired) electrons. The number of phenolic OH excluding ortho intramolecular Hbond substituents is 1. The Hall–Kier alpha value is -1.06. The first-order chi connectivity index (χ1) is 10.6. The summed E-state index contributed by atoms with van der Waals surface area (Å²) in [6.07, 6.45) is 8.10. The van der Waals surface area contributed by atoms with Gasteiger partial charge < -0.3 is 15.5 Å². The van der Waals surface area contributed by atoms with Gasteiger partial charge in [0.05, 0.1) is 5.60 Å². The Balaban J connectivity index is 1.97. The van der Waals surface area contributed by atoms with Gasteiger partial charge in [0.25, 0.3) is 0 Å². The van der Waals surface area contributed by atoms with Gasteiger partial charge in [0.15, 0.2) is 0 Å². The Morgan fingerprint density at radius 1 is 1.14 bits per heavy atom. The number of aromatic hydroxyl groups is 1. The standard InChI is InChI=1S/C19H29NO2/c1-2-12-20-13-11-18-8-3-4-9-19(18,22)10-7-15-5-6-16(21)14-17(15)18/h5-6,14,20-22H,2-4,7-13H2,1H3/t18-,19+/m1/s1. The first kappa shape index (κ1) is 15.8. The summed E-state index contributed by atoms with van der Waals surface area (Å²) < 4.78 is 0. The molecule has 0 aromatic heterocycles. The summed E-state index contributed by atoms with van der Waals surface area (Å²) in [5, 5.41) is 24.9. The molecule has 3 N–H and O–H groups in total. The number of hydrogen-bond donors (Lipinski definition) is 3. The van der Waals surface area contributed by atoms with Crippen molar-refractivity contribution in [2.24, 2.45) is 0 Å². The van der Waals surface area contributed by atoms with Crippen molar-refractivity contribution in [2.75, 3.05) is 13.1 Å². The van der Waals surface area contributed by atoms with Crippen LogP contribution in [0.5, 0.6) is 5.75 Å². The quantitative estimate of drug-likeness (QED) is 0.732. The molecule has 0 spiro atoms. The second-order valence-corrected chi connectivity index (χ2v) is 7.16. The Kier molecular flexibility index (Phi) is 4.47. The van der Waals surface area contributed by atoms with Crippen molar-refractivity contribution in [3.8, 4) is 5.75 Å². The molecule has 0 bridgehead atoms. The van der Waals surface area contributed by atoms with Crippen LogP contribution in [-0.4, -0.2) is 28.9 Å². The molecular weight excluding hydrogens is 274 g/mol. The smallest absolute Gasteiger partial charge is 0.115 e. The van der Waals surface area contributed by atoms with Crippen LogP contribution in [0.25, 0.3) is 0 Å². The molecule has 0 heterocycles. The lowest BCUT2D eigenvalue weighted by Gasteiger charge is -2.55. The van der Waals surface area contributed by atoms with E-state index in [1.807, 2.05) is 6.07 Å². The molecule has 122 valence electrons. The van der Waals surface area contributed by atoms with E-state index in [-0.39, 0.29) is 5.41 Å². The SMILES string of the molecule is CCCNCC[C@@]12CCCC[C@]1(O)CCc1ccc(O)cc12. The fourth-order valence-electron chi connectivity index (χ4n) is 4.73. The second kappa shape index (κ2) is 6.21. The number of aryl methyl sites for hydroxylation is 1. The molecule has 1 fully saturated rings. The van der Waals surface area contributed by atoms with E-state index in [4.69, 9.17) is 0 Å². The van der Waals surface area contributed by atoms with Crippen molar-refractivity contribution in [3.05, 3.63) is 29.3 Å². The zero-order valence-electron chi connectivity index (χ0n) is 13.7. The monoisotopic (exact) mass is 303 g/mol. The summed E-state index contributed by atoms with van der Waals surface area (Å²) in [5.41, 5.74) is 1.75. The predicted molar refractivity (Wildman–Crippen MR) is 89.3 cm³/mol. The fraction of sp³-hybridized carbons (Fsp3) is 0.684. The van der Waals surface area contributed by atoms with Crippen molar-refractivity contribution >= 4 is 0 Å². The highest BCUT2D eigenvalue weighted by molar-refractivity contribution is 5.45. The largest absolute Gasteiger partial charge is 0.508 e. The number of aliphatic hydroxyl groups is 1. The van der Waals surface area contributed by atoms with E-state index in [0.717, 1.165) is 58.0 Å². The number of rotatable bonds is 5. The Bertz CT molecular complexity index is 530. The first-order valence-corrected chi connectivity index (χ1v) is 8.87. The van der Waals surface area contributed by atoms with Crippen LogP contribution < -0.4 is 5.32 Å². The van der Waals surface area contributed by atoms with E-state index in [2.05, 4.69) is 18.3 Å². The van der Waals surface area contributed by atoms with Crippen molar-refractivity contribution in [2.45, 2.75) is 69.3 Å². The van der Waals surface area contributed by atoms with E-state index >= 15 is 0 Å². The zero-order chi connectivity index (χ0) is 15.6. The van der Waals surface area contributed by atoms with Crippen LogP contribution in [0.1, 0.15) is 63.0 Å². The van der Waals surface area contributed by atoms with Gasteiger partial charge in [0, 0.05) is 5.41 Å². The van der Waals surface area contributed by atoms with Gasteiger partial charge in [-0.15, -0.1) is 0 Å². The van der Waals surface area contributed by atoms with Gasteiger partial charge in [-0.1, -0.05) is 25.8 Å². The molecule has 1 aromatic carbocycles. The highest BCUT2D eigenvalue weighted by Gasteiger charge is 2.54. The van der Waals surface area contributed by atoms with Gasteiger partial charge in [-0.2, -0.15) is 0 Å². The number of benzene rings is 1. The average molecular weight is 303 g/mol. The molecule has 3 rings (SSSR count). The molecule has 3 heteroatoms. The van der Waals surface area contributed by atoms with E-state index in [1.165, 1.54) is 17.5 Å². The van der Waals surface area contributed by atoms with Crippen LogP contribution in [0.15, 0.2) is 18.2 Å². The van der Waals surface area contributed by atoms with Gasteiger partial charge in [0.1, 0.15) is 5.75 Å². The average Bonchev–Trinajstić information content (AvgIpc) is 2.52. The third-order valence-corrected chi connectivity index (χ3v) is 5.91. The Morgan fingerprint density at radius 2 is 1.95 bits per heavy atom. The highest BCUT2D eigenvalue weighted by Crippen LogP contribution is 2.55. The van der Waals surface area contributed by atoms with Gasteiger partial charge in [-0.05, 0) is 74.9 Å². The summed E-state index contributed by atoms with van der Waals surface area (Å²) in [6.45, 7) is 4.14. The molecule has 2 aliphatic carbocycles. The molecule has 2 atom stereocenters. The lowest BCUT2D eigenvalue weighted by molar-refractivity contribution is -0.0869. The van der Waals surface area contributed by atoms with E-state index in [0.29, 0.717) is 5.75 Å². The second-order valence-electron chi connectivity index (χ2n) is 7.16. The van der Waals surface area contributed by atoms with Crippen molar-refractivity contribution in [1.29, 1.82) is 0 Å². The molecule has 0 aliphatic heterocycles. The van der Waals surface area contributed by atoms with Crippen LogP contribution in [0, 0.1) is 0 Å². The van der Waals surface area contributed by atoms with Crippen LogP contribution in [-0.2, 0) is 11.8 Å². The number of fused-ring (bicyclic) bond motifs is 3. The van der Waals surface area contributed by atoms with Gasteiger partial charge in [0.2, 0.25) is 0 Å². The summed E-state index contributed by atoms with van der Waals surface area (Å²) in [4.78, 5) is 0. The van der Waals surface area contributed by atoms with E-state index < -0.39 is 5.60 Å². The normalized spacial score (nSPS) is 30.6. The predicted octanol–water partition coefficient (Wildman–Crippen LogP) is 3.27. The summed E-state index contributed by atoms with van der Waals surface area (Å²) in [7, 11) is 0. The van der Waals surface area contributed by atoms with Gasteiger partial charge >= 0.3 is 0 Å². The fourth-order valence-corrected chi connectivity index (χ4v) is 4.73. The highest BCUT2D eigenvalue weighted by atomic mass is 16.3. The zero-order valence-corrected chi connectivity index (χ0v) is 13.7. The minimum absolute atomic E-state index is 0.182. The number of nitrogens with one attached hydrogen (secondary N) is 1. The summed E-state index contributed by atoms with van der Waals surface area (Å²) >= 11 is 0. The molecule has 1 aromatic rings. The third-order valence-electron chi connectivity index (χ3n) is 5.91. The maximum Gasteiger partial charge on any atom is 0.115 e. The summed E-state index contributed by atoms with van der Waals surface area (Å²) in [5.74, 6) is 0.328. The Morgan fingerprint density at radius 3 is 2.77 bits per heavy atom. The van der Waals surface area contributed by atoms with Gasteiger partial charge in [-0.25, -0.2) is 0 Å². The molecule has 3 nitrogen and oxygen atoms in total. The maximum atomic E-state index is 11.4. The van der Waals surface area contributed by atoms with Crippen molar-refractivity contribution < 1.29 is 10.2 Å². The molecular formula is C19H29NO2. The molecule has 0 unspecified atom stereocenters.